The van der Waals surface area contributed by atoms with Gasteiger partial charge in [-0.15, -0.1) is 0 Å². The van der Waals surface area contributed by atoms with Crippen LogP contribution in [0.5, 0.6) is 0 Å². The molecule has 1 aromatic heterocycles. The highest BCUT2D eigenvalue weighted by atomic mass is 16.1. The predicted octanol–water partition coefficient (Wildman–Crippen LogP) is 4.11. The minimum absolute atomic E-state index is 0.0405. The second-order valence-corrected chi connectivity index (χ2v) is 5.75. The number of benzene rings is 3. The summed E-state index contributed by atoms with van der Waals surface area (Å²) in [5.74, 6) is 0. The molecule has 0 aliphatic rings. The molecular formula is C21H16N2O. The van der Waals surface area contributed by atoms with Gasteiger partial charge in [-0.2, -0.15) is 5.10 Å². The molecule has 0 atom stereocenters. The van der Waals surface area contributed by atoms with Crippen molar-refractivity contribution in [1.82, 2.24) is 9.78 Å². The highest BCUT2D eigenvalue weighted by molar-refractivity contribution is 5.78. The molecule has 0 amide bonds. The number of nitrogens with zero attached hydrogens (tertiary/aromatic N) is 2. The van der Waals surface area contributed by atoms with Gasteiger partial charge in [-0.25, -0.2) is 0 Å². The quantitative estimate of drug-likeness (QED) is 0.570. The minimum Gasteiger partial charge on any atom is -0.287 e. The van der Waals surface area contributed by atoms with E-state index in [-0.39, 0.29) is 5.43 Å². The average molecular weight is 312 g/mol. The van der Waals surface area contributed by atoms with Crippen molar-refractivity contribution in [1.29, 1.82) is 0 Å². The first-order chi connectivity index (χ1) is 11.8. The lowest BCUT2D eigenvalue weighted by Gasteiger charge is -2.10. The molecule has 0 saturated heterocycles. The molecule has 3 nitrogen and oxygen atoms in total. The molecule has 24 heavy (non-hydrogen) atoms. The third-order valence-electron chi connectivity index (χ3n) is 4.16. The Balaban J connectivity index is 1.67. The molecule has 0 spiro atoms. The van der Waals surface area contributed by atoms with Crippen molar-refractivity contribution in [2.45, 2.75) is 6.54 Å². The van der Waals surface area contributed by atoms with Gasteiger partial charge in [-0.05, 0) is 28.8 Å². The van der Waals surface area contributed by atoms with Gasteiger partial charge in [-0.3, -0.25) is 9.48 Å². The Morgan fingerprint density at radius 3 is 2.21 bits per heavy atom. The Hall–Kier alpha value is -3.20. The molecule has 1 heterocycles. The van der Waals surface area contributed by atoms with E-state index in [9.17, 15) is 4.79 Å². The summed E-state index contributed by atoms with van der Waals surface area (Å²) in [4.78, 5) is 11.9. The van der Waals surface area contributed by atoms with Crippen LogP contribution in [-0.2, 0) is 6.54 Å². The topological polar surface area (TPSA) is 34.9 Å². The number of rotatable bonds is 3. The first-order valence-corrected chi connectivity index (χ1v) is 7.90. The Morgan fingerprint density at radius 2 is 1.42 bits per heavy atom. The molecule has 0 aliphatic carbocycles. The molecule has 0 unspecified atom stereocenters. The normalized spacial score (nSPS) is 10.8. The van der Waals surface area contributed by atoms with Crippen LogP contribution in [0.25, 0.3) is 22.0 Å². The maximum atomic E-state index is 11.9. The molecule has 0 radical (unpaired) electrons. The molecule has 0 fully saturated rings. The van der Waals surface area contributed by atoms with Gasteiger partial charge in [0.1, 0.15) is 0 Å². The average Bonchev–Trinajstić information content (AvgIpc) is 2.66. The first kappa shape index (κ1) is 14.4. The van der Waals surface area contributed by atoms with Crippen molar-refractivity contribution in [2.75, 3.05) is 0 Å². The van der Waals surface area contributed by atoms with E-state index >= 15 is 0 Å². The van der Waals surface area contributed by atoms with Crippen molar-refractivity contribution in [3.8, 4) is 11.1 Å². The smallest absolute Gasteiger partial charge is 0.207 e. The second kappa shape index (κ2) is 6.13. The summed E-state index contributed by atoms with van der Waals surface area (Å²) < 4.78 is 1.87. The van der Waals surface area contributed by atoms with Crippen LogP contribution in [0, 0.1) is 0 Å². The van der Waals surface area contributed by atoms with Crippen molar-refractivity contribution < 1.29 is 0 Å². The summed E-state index contributed by atoms with van der Waals surface area (Å²) in [6, 6.07) is 26.3. The van der Waals surface area contributed by atoms with Gasteiger partial charge in [0, 0.05) is 5.39 Å². The SMILES string of the molecule is O=c1cnn(Cc2ccc(-c3ccccc3)cc2)c2ccccc12. The van der Waals surface area contributed by atoms with Crippen LogP contribution < -0.4 is 5.43 Å². The number of hydrogen-bond donors (Lipinski definition) is 0. The Kier molecular flexibility index (Phi) is 3.67. The minimum atomic E-state index is -0.0405. The molecule has 3 heteroatoms. The third-order valence-corrected chi connectivity index (χ3v) is 4.16. The maximum absolute atomic E-state index is 11.9. The van der Waals surface area contributed by atoms with Crippen molar-refractivity contribution in [3.63, 3.8) is 0 Å². The molecule has 116 valence electrons. The zero-order valence-corrected chi connectivity index (χ0v) is 13.1. The number of aromatic nitrogens is 2. The maximum Gasteiger partial charge on any atom is 0.207 e. The fourth-order valence-corrected chi connectivity index (χ4v) is 2.89. The lowest BCUT2D eigenvalue weighted by Crippen LogP contribution is -2.12. The lowest BCUT2D eigenvalue weighted by molar-refractivity contribution is 0.695. The fraction of sp³-hybridized carbons (Fsp3) is 0.0476. The summed E-state index contributed by atoms with van der Waals surface area (Å²) in [7, 11) is 0. The molecule has 4 rings (SSSR count). The van der Waals surface area contributed by atoms with Crippen molar-refractivity contribution >= 4 is 10.9 Å². The van der Waals surface area contributed by atoms with Crippen LogP contribution in [0.4, 0.5) is 0 Å². The summed E-state index contributed by atoms with van der Waals surface area (Å²) in [6.07, 6.45) is 1.39. The van der Waals surface area contributed by atoms with Crippen LogP contribution in [0.1, 0.15) is 5.56 Å². The lowest BCUT2D eigenvalue weighted by atomic mass is 10.0. The summed E-state index contributed by atoms with van der Waals surface area (Å²) >= 11 is 0. The van der Waals surface area contributed by atoms with Gasteiger partial charge in [-0.1, -0.05) is 66.7 Å². The third kappa shape index (κ3) is 2.72. The predicted molar refractivity (Wildman–Crippen MR) is 97.0 cm³/mol. The number of fused-ring (bicyclic) bond motifs is 1. The van der Waals surface area contributed by atoms with Crippen LogP contribution in [0.2, 0.25) is 0 Å². The van der Waals surface area contributed by atoms with E-state index < -0.39 is 0 Å². The van der Waals surface area contributed by atoms with Gasteiger partial charge < -0.3 is 0 Å². The Bertz CT molecular complexity index is 1030. The molecule has 0 aliphatic heterocycles. The van der Waals surface area contributed by atoms with E-state index in [1.807, 2.05) is 47.1 Å². The van der Waals surface area contributed by atoms with Crippen LogP contribution in [-0.4, -0.2) is 9.78 Å². The standard InChI is InChI=1S/C21H16N2O/c24-21-14-22-23(20-9-5-4-8-19(20)21)15-16-10-12-18(13-11-16)17-6-2-1-3-7-17/h1-14H,15H2. The van der Waals surface area contributed by atoms with Gasteiger partial charge in [0.15, 0.2) is 0 Å². The molecular weight excluding hydrogens is 296 g/mol. The fourth-order valence-electron chi connectivity index (χ4n) is 2.89. The van der Waals surface area contributed by atoms with E-state index in [0.717, 1.165) is 11.1 Å². The zero-order chi connectivity index (χ0) is 16.4. The van der Waals surface area contributed by atoms with Gasteiger partial charge in [0.2, 0.25) is 5.43 Å². The summed E-state index contributed by atoms with van der Waals surface area (Å²) in [5.41, 5.74) is 4.36. The monoisotopic (exact) mass is 312 g/mol. The van der Waals surface area contributed by atoms with Crippen LogP contribution >= 0.6 is 0 Å². The Labute approximate surface area is 139 Å². The van der Waals surface area contributed by atoms with Crippen LogP contribution in [0.15, 0.2) is 89.9 Å². The van der Waals surface area contributed by atoms with Crippen molar-refractivity contribution in [2.24, 2.45) is 0 Å². The van der Waals surface area contributed by atoms with E-state index in [1.54, 1.807) is 0 Å². The van der Waals surface area contributed by atoms with Gasteiger partial charge in [0.25, 0.3) is 0 Å². The van der Waals surface area contributed by atoms with Gasteiger partial charge in [0.05, 0.1) is 18.3 Å². The molecule has 0 saturated carbocycles. The molecule has 4 aromatic rings. The highest BCUT2D eigenvalue weighted by Crippen LogP contribution is 2.20. The first-order valence-electron chi connectivity index (χ1n) is 7.90. The number of para-hydroxylation sites is 1. The van der Waals surface area contributed by atoms with E-state index in [2.05, 4.69) is 41.5 Å². The molecule has 0 bridgehead atoms. The van der Waals surface area contributed by atoms with Gasteiger partial charge >= 0.3 is 0 Å². The Morgan fingerprint density at radius 1 is 0.750 bits per heavy atom. The largest absolute Gasteiger partial charge is 0.287 e. The van der Waals surface area contributed by atoms with Crippen molar-refractivity contribution in [3.05, 3.63) is 101 Å². The summed E-state index contributed by atoms with van der Waals surface area (Å²) in [5, 5.41) is 4.99. The van der Waals surface area contributed by atoms with Crippen LogP contribution in [0.3, 0.4) is 0 Å². The highest BCUT2D eigenvalue weighted by Gasteiger charge is 2.04. The van der Waals surface area contributed by atoms with E-state index in [4.69, 9.17) is 0 Å². The summed E-state index contributed by atoms with van der Waals surface area (Å²) in [6.45, 7) is 0.635. The second-order valence-electron chi connectivity index (χ2n) is 5.75. The molecule has 3 aromatic carbocycles. The van der Waals surface area contributed by atoms with E-state index in [1.165, 1.54) is 17.3 Å². The van der Waals surface area contributed by atoms with E-state index in [0.29, 0.717) is 11.9 Å². The number of hydrogen-bond acceptors (Lipinski definition) is 2. The molecule has 0 N–H and O–H groups in total. The zero-order valence-electron chi connectivity index (χ0n) is 13.1.